The van der Waals surface area contributed by atoms with Gasteiger partial charge in [-0.2, -0.15) is 5.10 Å². The van der Waals surface area contributed by atoms with Crippen LogP contribution in [0.4, 0.5) is 5.69 Å². The van der Waals surface area contributed by atoms with Gasteiger partial charge >= 0.3 is 0 Å². The van der Waals surface area contributed by atoms with Crippen LogP contribution in [-0.2, 0) is 24.3 Å². The molecule has 0 radical (unpaired) electrons. The maximum absolute atomic E-state index is 13.3. The van der Waals surface area contributed by atoms with Gasteiger partial charge in [-0.3, -0.25) is 14.3 Å². The van der Waals surface area contributed by atoms with E-state index in [9.17, 15) is 9.59 Å². The summed E-state index contributed by atoms with van der Waals surface area (Å²) in [6.45, 7) is 0. The summed E-state index contributed by atoms with van der Waals surface area (Å²) in [5, 5.41) is 5.13. The molecule has 7 nitrogen and oxygen atoms in total. The Labute approximate surface area is 172 Å². The number of aromatic amines is 1. The van der Waals surface area contributed by atoms with Gasteiger partial charge in [0, 0.05) is 61.8 Å². The van der Waals surface area contributed by atoms with Crippen LogP contribution < -0.4 is 10.5 Å². The number of aromatic nitrogens is 4. The van der Waals surface area contributed by atoms with Crippen molar-refractivity contribution in [3.63, 3.8) is 0 Å². The maximum Gasteiger partial charge on any atom is 0.274 e. The Balaban J connectivity index is 1.55. The lowest BCUT2D eigenvalue weighted by Crippen LogP contribution is -2.29. The molecular formula is C23H21N5O2. The van der Waals surface area contributed by atoms with E-state index in [2.05, 4.69) is 16.1 Å². The van der Waals surface area contributed by atoms with Crippen LogP contribution in [0.2, 0.25) is 0 Å². The van der Waals surface area contributed by atoms with Gasteiger partial charge in [0.05, 0.1) is 11.6 Å². The van der Waals surface area contributed by atoms with Crippen molar-refractivity contribution in [2.75, 3.05) is 11.9 Å². The third-order valence-corrected chi connectivity index (χ3v) is 6.78. The highest BCUT2D eigenvalue weighted by molar-refractivity contribution is 6.11. The number of nitrogens with one attached hydrogen (secondary N) is 1. The number of rotatable bonds is 2. The molecule has 1 fully saturated rings. The molecule has 1 saturated carbocycles. The molecule has 2 atom stereocenters. The van der Waals surface area contributed by atoms with Crippen molar-refractivity contribution in [3.05, 3.63) is 70.4 Å². The number of likely N-dealkylation sites (N-methyl/N-ethyl adjacent to an activating group) is 1. The fourth-order valence-corrected chi connectivity index (χ4v) is 5.20. The molecular weight excluding hydrogens is 378 g/mol. The molecule has 6 rings (SSSR count). The van der Waals surface area contributed by atoms with Gasteiger partial charge in [0.15, 0.2) is 0 Å². The number of H-pyrrole nitrogens is 1. The predicted molar refractivity (Wildman–Crippen MR) is 115 cm³/mol. The number of nitrogens with zero attached hydrogens (tertiary/aromatic N) is 4. The zero-order chi connectivity index (χ0) is 20.8. The molecule has 0 bridgehead atoms. The van der Waals surface area contributed by atoms with Crippen LogP contribution in [0.25, 0.3) is 22.2 Å². The molecule has 3 aromatic heterocycles. The second kappa shape index (κ2) is 5.50. The van der Waals surface area contributed by atoms with Gasteiger partial charge in [0.1, 0.15) is 5.52 Å². The minimum Gasteiger partial charge on any atom is -0.350 e. The van der Waals surface area contributed by atoms with Crippen molar-refractivity contribution >= 4 is 22.5 Å². The third kappa shape index (κ3) is 2.01. The molecule has 30 heavy (non-hydrogen) atoms. The van der Waals surface area contributed by atoms with Crippen LogP contribution in [0.3, 0.4) is 0 Å². The number of amides is 1. The number of hydrogen-bond acceptors (Lipinski definition) is 3. The summed E-state index contributed by atoms with van der Waals surface area (Å²) in [6, 6.07) is 10.0. The summed E-state index contributed by atoms with van der Waals surface area (Å²) < 4.78 is 3.35. The van der Waals surface area contributed by atoms with Crippen molar-refractivity contribution in [3.8, 4) is 11.3 Å². The minimum absolute atomic E-state index is 0.0444. The number of hydrogen-bond donors (Lipinski definition) is 1. The number of carbonyl (C=O) groups excluding carboxylic acids is 1. The number of pyridine rings is 1. The van der Waals surface area contributed by atoms with E-state index < -0.39 is 5.41 Å². The van der Waals surface area contributed by atoms with Crippen LogP contribution in [0, 0.1) is 0 Å². The van der Waals surface area contributed by atoms with E-state index in [1.54, 1.807) is 27.4 Å². The Morgan fingerprint density at radius 2 is 1.93 bits per heavy atom. The van der Waals surface area contributed by atoms with E-state index >= 15 is 0 Å². The molecule has 1 aromatic carbocycles. The van der Waals surface area contributed by atoms with Crippen molar-refractivity contribution in [2.24, 2.45) is 14.1 Å². The van der Waals surface area contributed by atoms with Crippen LogP contribution in [0.15, 0.2) is 53.7 Å². The standard InChI is InChI=1S/C23H21N5O2/c1-26-12-15(14-8-18(25-20(14)21(26)29)13-10-24-27(2)11-13)17-9-23(17)16-6-4-5-7-19(16)28(3)22(23)30/h4-8,10-12,17,25H,9H2,1-3H3/t17-,23-/m1/s1. The molecule has 1 N–H and O–H groups in total. The number of fused-ring (bicyclic) bond motifs is 3. The lowest BCUT2D eigenvalue weighted by molar-refractivity contribution is -0.120. The molecule has 4 aromatic rings. The molecule has 2 aliphatic rings. The third-order valence-electron chi connectivity index (χ3n) is 6.78. The summed E-state index contributed by atoms with van der Waals surface area (Å²) in [5.41, 5.74) is 4.86. The van der Waals surface area contributed by atoms with Crippen LogP contribution in [0.1, 0.15) is 23.5 Å². The van der Waals surface area contributed by atoms with Crippen LogP contribution >= 0.6 is 0 Å². The molecule has 1 aliphatic carbocycles. The highest BCUT2D eigenvalue weighted by atomic mass is 16.2. The quantitative estimate of drug-likeness (QED) is 0.563. The lowest BCUT2D eigenvalue weighted by Gasteiger charge is -2.12. The minimum atomic E-state index is -0.526. The van der Waals surface area contributed by atoms with Gasteiger partial charge < -0.3 is 14.5 Å². The monoisotopic (exact) mass is 399 g/mol. The number of carbonyl (C=O) groups is 1. The summed E-state index contributed by atoms with van der Waals surface area (Å²) in [7, 11) is 5.48. The first kappa shape index (κ1) is 17.3. The van der Waals surface area contributed by atoms with Gasteiger partial charge in [-0.05, 0) is 29.7 Å². The second-order valence-electron chi connectivity index (χ2n) is 8.48. The molecule has 0 saturated heterocycles. The molecule has 7 heteroatoms. The zero-order valence-electron chi connectivity index (χ0n) is 17.0. The fraction of sp³-hybridized carbons (Fsp3) is 0.261. The molecule has 4 heterocycles. The van der Waals surface area contributed by atoms with Crippen molar-refractivity contribution in [1.29, 1.82) is 0 Å². The molecule has 0 unspecified atom stereocenters. The topological polar surface area (TPSA) is 75.9 Å². The number of benzene rings is 1. The number of anilines is 1. The van der Waals surface area contributed by atoms with Gasteiger partial charge in [-0.15, -0.1) is 0 Å². The lowest BCUT2D eigenvalue weighted by atomic mass is 9.91. The van der Waals surface area contributed by atoms with Gasteiger partial charge in [0.2, 0.25) is 5.91 Å². The van der Waals surface area contributed by atoms with E-state index in [1.165, 1.54) is 0 Å². The number of aryl methyl sites for hydroxylation is 2. The van der Waals surface area contributed by atoms with Gasteiger partial charge in [-0.25, -0.2) is 0 Å². The predicted octanol–water partition coefficient (Wildman–Crippen LogP) is 2.67. The van der Waals surface area contributed by atoms with Crippen molar-refractivity contribution < 1.29 is 4.79 Å². The zero-order valence-corrected chi connectivity index (χ0v) is 17.0. The number of para-hydroxylation sites is 1. The first-order valence-electron chi connectivity index (χ1n) is 10.0. The van der Waals surface area contributed by atoms with E-state index in [0.717, 1.165) is 39.9 Å². The normalized spacial score (nSPS) is 22.3. The van der Waals surface area contributed by atoms with E-state index in [1.807, 2.05) is 50.8 Å². The Hall–Kier alpha value is -3.61. The first-order valence-corrected chi connectivity index (χ1v) is 10.0. The van der Waals surface area contributed by atoms with Crippen molar-refractivity contribution in [2.45, 2.75) is 17.8 Å². The molecule has 150 valence electrons. The van der Waals surface area contributed by atoms with E-state index in [4.69, 9.17) is 0 Å². The van der Waals surface area contributed by atoms with Crippen molar-refractivity contribution in [1.82, 2.24) is 19.3 Å². The van der Waals surface area contributed by atoms with E-state index in [-0.39, 0.29) is 17.4 Å². The summed E-state index contributed by atoms with van der Waals surface area (Å²) in [4.78, 5) is 31.2. The van der Waals surface area contributed by atoms with E-state index in [0.29, 0.717) is 5.52 Å². The largest absolute Gasteiger partial charge is 0.350 e. The van der Waals surface area contributed by atoms with Gasteiger partial charge in [-0.1, -0.05) is 18.2 Å². The smallest absolute Gasteiger partial charge is 0.274 e. The SMILES string of the molecule is CN1C(=O)[C@]2(C[C@@H]2c2cn(C)c(=O)c3[nH]c(-c4cnn(C)c4)cc23)c2ccccc21. The average Bonchev–Trinajstić information content (AvgIpc) is 3.00. The summed E-state index contributed by atoms with van der Waals surface area (Å²) >= 11 is 0. The average molecular weight is 399 g/mol. The first-order chi connectivity index (χ1) is 14.4. The Morgan fingerprint density at radius 3 is 2.70 bits per heavy atom. The molecule has 1 spiro atoms. The summed E-state index contributed by atoms with van der Waals surface area (Å²) in [5.74, 6) is 0.182. The van der Waals surface area contributed by atoms with Gasteiger partial charge in [0.25, 0.3) is 5.56 Å². The Morgan fingerprint density at radius 1 is 1.13 bits per heavy atom. The molecule has 1 aliphatic heterocycles. The Kier molecular flexibility index (Phi) is 3.17. The highest BCUT2D eigenvalue weighted by Crippen LogP contribution is 2.66. The van der Waals surface area contributed by atoms with Crippen LogP contribution in [-0.4, -0.2) is 32.3 Å². The maximum atomic E-state index is 13.3. The second-order valence-corrected chi connectivity index (χ2v) is 8.48. The fourth-order valence-electron chi connectivity index (χ4n) is 5.20. The Bertz CT molecular complexity index is 1430. The molecule has 1 amide bonds. The van der Waals surface area contributed by atoms with Crippen LogP contribution in [0.5, 0.6) is 0 Å². The highest BCUT2D eigenvalue weighted by Gasteiger charge is 2.67. The summed E-state index contributed by atoms with van der Waals surface area (Å²) in [6.07, 6.45) is 6.35.